The van der Waals surface area contributed by atoms with Crippen LogP contribution in [0.4, 0.5) is 5.00 Å². The number of thiophene rings is 1. The van der Waals surface area contributed by atoms with Crippen molar-refractivity contribution in [1.82, 2.24) is 4.57 Å². The maximum Gasteiger partial charge on any atom is 0.341 e. The molecule has 7 heteroatoms. The van der Waals surface area contributed by atoms with E-state index in [9.17, 15) is 14.4 Å². The van der Waals surface area contributed by atoms with Gasteiger partial charge in [-0.05, 0) is 55.4 Å². The Labute approximate surface area is 184 Å². The topological polar surface area (TPSA) is 77.4 Å². The third kappa shape index (κ3) is 4.32. The molecule has 0 bridgehead atoms. The number of aromatic nitrogens is 1. The van der Waals surface area contributed by atoms with Gasteiger partial charge in [0.1, 0.15) is 17.1 Å². The Morgan fingerprint density at radius 3 is 2.71 bits per heavy atom. The molecule has 6 nitrogen and oxygen atoms in total. The Kier molecular flexibility index (Phi) is 6.04. The van der Waals surface area contributed by atoms with Crippen molar-refractivity contribution in [1.29, 1.82) is 0 Å². The van der Waals surface area contributed by atoms with E-state index < -0.39 is 5.97 Å². The molecule has 0 radical (unpaired) electrons. The van der Waals surface area contributed by atoms with E-state index in [0.29, 0.717) is 16.1 Å². The minimum Gasteiger partial charge on any atom is -0.465 e. The lowest BCUT2D eigenvalue weighted by molar-refractivity contribution is -0.116. The van der Waals surface area contributed by atoms with Crippen molar-refractivity contribution < 1.29 is 14.3 Å². The average molecular weight is 437 g/mol. The highest BCUT2D eigenvalue weighted by molar-refractivity contribution is 7.15. The Morgan fingerprint density at radius 1 is 1.16 bits per heavy atom. The van der Waals surface area contributed by atoms with E-state index in [1.807, 2.05) is 11.4 Å². The molecule has 3 aromatic rings. The molecule has 1 N–H and O–H groups in total. The number of fused-ring (bicyclic) bond motifs is 1. The molecule has 0 saturated heterocycles. The van der Waals surface area contributed by atoms with Crippen LogP contribution in [0.25, 0.3) is 11.1 Å². The minimum absolute atomic E-state index is 0.132. The minimum atomic E-state index is -0.503. The van der Waals surface area contributed by atoms with Gasteiger partial charge in [-0.3, -0.25) is 9.59 Å². The molecule has 1 amide bonds. The number of anilines is 1. The highest BCUT2D eigenvalue weighted by Gasteiger charge is 2.23. The largest absolute Gasteiger partial charge is 0.465 e. The number of nitrogens with zero attached hydrogens (tertiary/aromatic N) is 1. The monoisotopic (exact) mass is 436 g/mol. The van der Waals surface area contributed by atoms with Gasteiger partial charge in [0.05, 0.1) is 7.11 Å². The van der Waals surface area contributed by atoms with Crippen LogP contribution in [0.2, 0.25) is 0 Å². The highest BCUT2D eigenvalue weighted by Crippen LogP contribution is 2.37. The van der Waals surface area contributed by atoms with Gasteiger partial charge in [-0.15, -0.1) is 11.3 Å². The first-order valence-electron chi connectivity index (χ1n) is 10.3. The SMILES string of the molecule is COC(=O)c1c(-c2ccc3c(c2)CCCC3)csc1NC(=O)Cn1cccc(C)c1=O. The number of nitrogens with one attached hydrogen (secondary N) is 1. The quantitative estimate of drug-likeness (QED) is 0.609. The molecule has 2 aromatic heterocycles. The van der Waals surface area contributed by atoms with Gasteiger partial charge in [-0.1, -0.05) is 24.3 Å². The second-order valence-corrected chi connectivity index (χ2v) is 8.59. The molecular formula is C24H24N2O4S. The summed E-state index contributed by atoms with van der Waals surface area (Å²) in [4.78, 5) is 37.4. The van der Waals surface area contributed by atoms with Gasteiger partial charge in [-0.2, -0.15) is 0 Å². The molecule has 0 atom stereocenters. The van der Waals surface area contributed by atoms with Crippen molar-refractivity contribution in [3.8, 4) is 11.1 Å². The Morgan fingerprint density at radius 2 is 1.94 bits per heavy atom. The van der Waals surface area contributed by atoms with Crippen LogP contribution in [0.1, 0.15) is 39.9 Å². The van der Waals surface area contributed by atoms with Gasteiger partial charge in [0.25, 0.3) is 5.56 Å². The summed E-state index contributed by atoms with van der Waals surface area (Å²) in [5, 5.41) is 5.08. The van der Waals surface area contributed by atoms with E-state index in [1.165, 1.54) is 47.0 Å². The summed E-state index contributed by atoms with van der Waals surface area (Å²) in [7, 11) is 1.33. The third-order valence-electron chi connectivity index (χ3n) is 5.62. The zero-order valence-corrected chi connectivity index (χ0v) is 18.4. The molecule has 0 aliphatic heterocycles. The van der Waals surface area contributed by atoms with Crippen LogP contribution in [0.15, 0.2) is 46.7 Å². The van der Waals surface area contributed by atoms with E-state index in [0.717, 1.165) is 24.0 Å². The van der Waals surface area contributed by atoms with Crippen molar-refractivity contribution in [3.05, 3.63) is 74.5 Å². The molecule has 0 spiro atoms. The fraction of sp³-hybridized carbons (Fsp3) is 0.292. The normalized spacial score (nSPS) is 12.8. The van der Waals surface area contributed by atoms with E-state index in [1.54, 1.807) is 25.3 Å². The number of rotatable bonds is 5. The summed E-state index contributed by atoms with van der Waals surface area (Å²) >= 11 is 1.28. The first-order valence-corrected chi connectivity index (χ1v) is 11.1. The number of carbonyl (C=O) groups excluding carboxylic acids is 2. The lowest BCUT2D eigenvalue weighted by Gasteiger charge is -2.16. The zero-order valence-electron chi connectivity index (χ0n) is 17.6. The average Bonchev–Trinajstić information content (AvgIpc) is 3.19. The van der Waals surface area contributed by atoms with Crippen molar-refractivity contribution >= 4 is 28.2 Å². The number of methoxy groups -OCH3 is 1. The zero-order chi connectivity index (χ0) is 22.0. The number of pyridine rings is 1. The van der Waals surface area contributed by atoms with Crippen LogP contribution >= 0.6 is 11.3 Å². The molecular weight excluding hydrogens is 412 g/mol. The lowest BCUT2D eigenvalue weighted by Crippen LogP contribution is -2.28. The fourth-order valence-electron chi connectivity index (χ4n) is 3.97. The van der Waals surface area contributed by atoms with Crippen molar-refractivity contribution in [2.45, 2.75) is 39.2 Å². The molecule has 160 valence electrons. The highest BCUT2D eigenvalue weighted by atomic mass is 32.1. The van der Waals surface area contributed by atoms with E-state index in [2.05, 4.69) is 17.4 Å². The molecule has 0 fully saturated rings. The maximum atomic E-state index is 12.6. The van der Waals surface area contributed by atoms with Gasteiger partial charge in [0, 0.05) is 22.7 Å². The maximum absolute atomic E-state index is 12.6. The third-order valence-corrected chi connectivity index (χ3v) is 6.51. The first kappa shape index (κ1) is 21.1. The molecule has 2 heterocycles. The van der Waals surface area contributed by atoms with Crippen LogP contribution in [-0.4, -0.2) is 23.6 Å². The number of carbonyl (C=O) groups is 2. The molecule has 31 heavy (non-hydrogen) atoms. The predicted molar refractivity (Wildman–Crippen MR) is 122 cm³/mol. The standard InChI is InChI=1S/C24H24N2O4S/c1-15-6-5-11-26(23(15)28)13-20(27)25-22-21(24(29)30-2)19(14-31-22)18-10-9-16-7-3-4-8-17(16)12-18/h5-6,9-12,14H,3-4,7-8,13H2,1-2H3,(H,25,27). The summed E-state index contributed by atoms with van der Waals surface area (Å²) in [5.74, 6) is -0.881. The summed E-state index contributed by atoms with van der Waals surface area (Å²) < 4.78 is 6.35. The van der Waals surface area contributed by atoms with Gasteiger partial charge >= 0.3 is 5.97 Å². The number of aryl methyl sites for hydroxylation is 3. The molecule has 0 saturated carbocycles. The van der Waals surface area contributed by atoms with E-state index in [-0.39, 0.29) is 18.0 Å². The molecule has 1 aliphatic rings. The molecule has 1 aliphatic carbocycles. The second kappa shape index (κ2) is 8.89. The van der Waals surface area contributed by atoms with Crippen LogP contribution in [0.3, 0.4) is 0 Å². The second-order valence-electron chi connectivity index (χ2n) is 7.71. The number of ether oxygens (including phenoxy) is 1. The lowest BCUT2D eigenvalue weighted by atomic mass is 9.89. The fourth-order valence-corrected chi connectivity index (χ4v) is 4.94. The Bertz CT molecular complexity index is 1210. The predicted octanol–water partition coefficient (Wildman–Crippen LogP) is 4.19. The summed E-state index contributed by atoms with van der Waals surface area (Å²) in [6.07, 6.45) is 6.07. The first-order chi connectivity index (χ1) is 15.0. The summed E-state index contributed by atoms with van der Waals surface area (Å²) in [5.41, 5.74) is 5.05. The molecule has 4 rings (SSSR count). The van der Waals surface area contributed by atoms with E-state index >= 15 is 0 Å². The van der Waals surface area contributed by atoms with Gasteiger partial charge in [0.15, 0.2) is 0 Å². The van der Waals surface area contributed by atoms with Crippen LogP contribution in [-0.2, 0) is 28.9 Å². The number of hydrogen-bond acceptors (Lipinski definition) is 5. The van der Waals surface area contributed by atoms with Gasteiger partial charge in [-0.25, -0.2) is 4.79 Å². The number of hydrogen-bond donors (Lipinski definition) is 1. The number of amides is 1. The number of esters is 1. The van der Waals surface area contributed by atoms with Crippen molar-refractivity contribution in [2.75, 3.05) is 12.4 Å². The molecule has 1 aromatic carbocycles. The number of benzene rings is 1. The van der Waals surface area contributed by atoms with Crippen molar-refractivity contribution in [2.24, 2.45) is 0 Å². The Balaban J connectivity index is 1.64. The van der Waals surface area contributed by atoms with E-state index in [4.69, 9.17) is 4.74 Å². The smallest absolute Gasteiger partial charge is 0.341 e. The summed E-state index contributed by atoms with van der Waals surface area (Å²) in [6.45, 7) is 1.57. The van der Waals surface area contributed by atoms with Crippen LogP contribution in [0, 0.1) is 6.92 Å². The van der Waals surface area contributed by atoms with Crippen LogP contribution < -0.4 is 10.9 Å². The van der Waals surface area contributed by atoms with Crippen LogP contribution in [0.5, 0.6) is 0 Å². The van der Waals surface area contributed by atoms with Gasteiger partial charge in [0.2, 0.25) is 5.91 Å². The Hall–Kier alpha value is -3.19. The van der Waals surface area contributed by atoms with Crippen molar-refractivity contribution in [3.63, 3.8) is 0 Å². The van der Waals surface area contributed by atoms with Gasteiger partial charge < -0.3 is 14.6 Å². The molecule has 0 unspecified atom stereocenters. The summed E-state index contributed by atoms with van der Waals surface area (Å²) in [6, 6.07) is 9.72.